The Bertz CT molecular complexity index is 504. The van der Waals surface area contributed by atoms with Crippen LogP contribution in [0.2, 0.25) is 4.34 Å². The number of ketones is 1. The lowest BCUT2D eigenvalue weighted by molar-refractivity contribution is 0.0994. The fraction of sp³-hybridized carbons (Fsp3) is 0.0833. The summed E-state index contributed by atoms with van der Waals surface area (Å²) in [6.45, 7) is 0. The molecule has 2 aromatic rings. The molecule has 0 saturated heterocycles. The molecule has 1 nitrogen and oxygen atoms in total. The van der Waals surface area contributed by atoms with E-state index in [1.165, 1.54) is 35.6 Å². The van der Waals surface area contributed by atoms with Crippen molar-refractivity contribution in [2.24, 2.45) is 0 Å². The Hall–Kier alpha value is -1.19. The number of carbonyl (C=O) groups is 1. The summed E-state index contributed by atoms with van der Waals surface area (Å²) in [5, 5.41) is 0. The summed E-state index contributed by atoms with van der Waals surface area (Å²) in [7, 11) is 0. The molecule has 0 radical (unpaired) electrons. The third-order valence-corrected chi connectivity index (χ3v) is 3.36. The monoisotopic (exact) mass is 254 g/mol. The van der Waals surface area contributed by atoms with E-state index in [1.807, 2.05) is 6.07 Å². The average molecular weight is 255 g/mol. The van der Waals surface area contributed by atoms with E-state index in [2.05, 4.69) is 0 Å². The highest BCUT2D eigenvalue weighted by molar-refractivity contribution is 7.16. The number of rotatable bonds is 3. The maximum absolute atomic E-state index is 12.7. The standard InChI is InChI=1S/C12H8ClFOS/c13-12-6-5-10(16-12)7-11(15)8-1-3-9(14)4-2-8/h1-6H,7H2. The molecule has 1 aromatic carbocycles. The first-order valence-corrected chi connectivity index (χ1v) is 5.87. The molecule has 0 bridgehead atoms. The Morgan fingerprint density at radius 2 is 1.88 bits per heavy atom. The summed E-state index contributed by atoms with van der Waals surface area (Å²) in [4.78, 5) is 12.7. The van der Waals surface area contributed by atoms with Gasteiger partial charge in [-0.2, -0.15) is 0 Å². The van der Waals surface area contributed by atoms with Crippen molar-refractivity contribution in [3.8, 4) is 0 Å². The highest BCUT2D eigenvalue weighted by Gasteiger charge is 2.08. The summed E-state index contributed by atoms with van der Waals surface area (Å²) in [6, 6.07) is 9.15. The van der Waals surface area contributed by atoms with Gasteiger partial charge in [0.2, 0.25) is 0 Å². The second kappa shape index (κ2) is 4.76. The number of Topliss-reactive ketones (excluding diaryl/α,β-unsaturated/α-hetero) is 1. The van der Waals surface area contributed by atoms with Crippen LogP contribution >= 0.6 is 22.9 Å². The predicted molar refractivity (Wildman–Crippen MR) is 63.8 cm³/mol. The molecule has 4 heteroatoms. The van der Waals surface area contributed by atoms with Gasteiger partial charge >= 0.3 is 0 Å². The highest BCUT2D eigenvalue weighted by atomic mass is 35.5. The number of hydrogen-bond acceptors (Lipinski definition) is 2. The van der Waals surface area contributed by atoms with Gasteiger partial charge < -0.3 is 0 Å². The molecule has 1 aromatic heterocycles. The highest BCUT2D eigenvalue weighted by Crippen LogP contribution is 2.22. The quantitative estimate of drug-likeness (QED) is 0.758. The zero-order valence-corrected chi connectivity index (χ0v) is 9.82. The molecule has 82 valence electrons. The maximum atomic E-state index is 12.7. The predicted octanol–water partition coefficient (Wildman–Crippen LogP) is 3.97. The third kappa shape index (κ3) is 2.68. The molecule has 0 aliphatic rings. The Kier molecular flexibility index (Phi) is 3.36. The van der Waals surface area contributed by atoms with Crippen molar-refractivity contribution >= 4 is 28.7 Å². The van der Waals surface area contributed by atoms with E-state index < -0.39 is 0 Å². The first-order valence-electron chi connectivity index (χ1n) is 4.68. The molecule has 16 heavy (non-hydrogen) atoms. The van der Waals surface area contributed by atoms with Crippen LogP contribution in [0.3, 0.4) is 0 Å². The van der Waals surface area contributed by atoms with Gasteiger partial charge in [0.25, 0.3) is 0 Å². The molecule has 0 atom stereocenters. The second-order valence-electron chi connectivity index (χ2n) is 3.31. The smallest absolute Gasteiger partial charge is 0.168 e. The van der Waals surface area contributed by atoms with Crippen LogP contribution in [0.1, 0.15) is 15.2 Å². The van der Waals surface area contributed by atoms with Gasteiger partial charge in [0, 0.05) is 16.9 Å². The van der Waals surface area contributed by atoms with E-state index in [9.17, 15) is 9.18 Å². The van der Waals surface area contributed by atoms with Crippen molar-refractivity contribution in [2.75, 3.05) is 0 Å². The van der Waals surface area contributed by atoms with Gasteiger partial charge in [-0.05, 0) is 36.4 Å². The van der Waals surface area contributed by atoms with Crippen LogP contribution in [0.5, 0.6) is 0 Å². The van der Waals surface area contributed by atoms with Crippen molar-refractivity contribution in [1.82, 2.24) is 0 Å². The average Bonchev–Trinajstić information content (AvgIpc) is 2.65. The largest absolute Gasteiger partial charge is 0.294 e. The van der Waals surface area contributed by atoms with Gasteiger partial charge in [-0.15, -0.1) is 11.3 Å². The number of hydrogen-bond donors (Lipinski definition) is 0. The van der Waals surface area contributed by atoms with E-state index in [-0.39, 0.29) is 11.6 Å². The molecule has 0 aliphatic carbocycles. The summed E-state index contributed by atoms with van der Waals surface area (Å²) in [6.07, 6.45) is 0.309. The molecular formula is C12H8ClFOS. The second-order valence-corrected chi connectivity index (χ2v) is 5.11. The van der Waals surface area contributed by atoms with Crippen LogP contribution in [-0.2, 0) is 6.42 Å². The summed E-state index contributed by atoms with van der Waals surface area (Å²) < 4.78 is 13.3. The van der Waals surface area contributed by atoms with E-state index in [4.69, 9.17) is 11.6 Å². The Morgan fingerprint density at radius 1 is 1.19 bits per heavy atom. The number of thiophene rings is 1. The molecule has 0 saturated carbocycles. The first kappa shape index (κ1) is 11.3. The molecule has 0 unspecified atom stereocenters. The van der Waals surface area contributed by atoms with Crippen LogP contribution in [0.15, 0.2) is 36.4 Å². The molecule has 0 amide bonds. The maximum Gasteiger partial charge on any atom is 0.168 e. The fourth-order valence-electron chi connectivity index (χ4n) is 1.34. The minimum Gasteiger partial charge on any atom is -0.294 e. The van der Waals surface area contributed by atoms with Crippen LogP contribution in [0.25, 0.3) is 0 Å². The van der Waals surface area contributed by atoms with Gasteiger partial charge in [-0.1, -0.05) is 11.6 Å². The minimum atomic E-state index is -0.337. The lowest BCUT2D eigenvalue weighted by Crippen LogP contribution is -2.01. The van der Waals surface area contributed by atoms with Crippen molar-refractivity contribution < 1.29 is 9.18 Å². The SMILES string of the molecule is O=C(Cc1ccc(Cl)s1)c1ccc(F)cc1. The van der Waals surface area contributed by atoms with Gasteiger partial charge in [-0.25, -0.2) is 4.39 Å². The zero-order valence-electron chi connectivity index (χ0n) is 8.24. The summed E-state index contributed by atoms with van der Waals surface area (Å²) >= 11 is 7.15. The normalized spacial score (nSPS) is 10.4. The lowest BCUT2D eigenvalue weighted by Gasteiger charge is -1.98. The van der Waals surface area contributed by atoms with E-state index in [0.717, 1.165) is 4.88 Å². The first-order chi connectivity index (χ1) is 7.65. The number of carbonyl (C=O) groups excluding carboxylic acids is 1. The zero-order chi connectivity index (χ0) is 11.5. The Labute approximate surface area is 101 Å². The van der Waals surface area contributed by atoms with Crippen LogP contribution in [0.4, 0.5) is 4.39 Å². The number of benzene rings is 1. The van der Waals surface area contributed by atoms with Gasteiger partial charge in [-0.3, -0.25) is 4.79 Å². The van der Waals surface area contributed by atoms with Crippen LogP contribution in [-0.4, -0.2) is 5.78 Å². The van der Waals surface area contributed by atoms with Crippen molar-refractivity contribution in [3.05, 3.63) is 57.0 Å². The molecule has 1 heterocycles. The molecule has 0 aliphatic heterocycles. The minimum absolute atomic E-state index is 0.0292. The van der Waals surface area contributed by atoms with Crippen molar-refractivity contribution in [3.63, 3.8) is 0 Å². The molecule has 2 rings (SSSR count). The topological polar surface area (TPSA) is 17.1 Å². The fourth-order valence-corrected chi connectivity index (χ4v) is 2.43. The van der Waals surface area contributed by atoms with Gasteiger partial charge in [0.1, 0.15) is 5.82 Å². The van der Waals surface area contributed by atoms with Crippen molar-refractivity contribution in [1.29, 1.82) is 0 Å². The van der Waals surface area contributed by atoms with Gasteiger partial charge in [0.05, 0.1) is 4.34 Å². The van der Waals surface area contributed by atoms with E-state index in [0.29, 0.717) is 16.3 Å². The van der Waals surface area contributed by atoms with Crippen LogP contribution in [0, 0.1) is 5.82 Å². The van der Waals surface area contributed by atoms with Crippen LogP contribution < -0.4 is 0 Å². The van der Waals surface area contributed by atoms with E-state index >= 15 is 0 Å². The lowest BCUT2D eigenvalue weighted by atomic mass is 10.1. The molecular weight excluding hydrogens is 247 g/mol. The Balaban J connectivity index is 2.11. The summed E-state index contributed by atoms with van der Waals surface area (Å²) in [5.41, 5.74) is 0.519. The summed E-state index contributed by atoms with van der Waals surface area (Å²) in [5.74, 6) is -0.366. The third-order valence-electron chi connectivity index (χ3n) is 2.13. The molecule has 0 fully saturated rings. The number of halogens is 2. The van der Waals surface area contributed by atoms with E-state index in [1.54, 1.807) is 6.07 Å². The van der Waals surface area contributed by atoms with Crippen molar-refractivity contribution in [2.45, 2.75) is 6.42 Å². The molecule has 0 N–H and O–H groups in total. The van der Waals surface area contributed by atoms with Gasteiger partial charge in [0.15, 0.2) is 5.78 Å². The molecule has 0 spiro atoms. The Morgan fingerprint density at radius 3 is 2.44 bits per heavy atom.